The Bertz CT molecular complexity index is 343. The van der Waals surface area contributed by atoms with Crippen molar-refractivity contribution < 1.29 is 4.79 Å². The molecule has 4 nitrogen and oxygen atoms in total. The number of piperazine rings is 1. The molecule has 0 bridgehead atoms. The Balaban J connectivity index is 2.70. The van der Waals surface area contributed by atoms with Crippen molar-refractivity contribution in [1.82, 2.24) is 9.80 Å². The van der Waals surface area contributed by atoms with E-state index in [9.17, 15) is 4.79 Å². The highest BCUT2D eigenvalue weighted by molar-refractivity contribution is 5.88. The molecule has 1 fully saturated rings. The Kier molecular flexibility index (Phi) is 5.87. The summed E-state index contributed by atoms with van der Waals surface area (Å²) in [6.45, 7) is 8.72. The van der Waals surface area contributed by atoms with Crippen molar-refractivity contribution in [2.75, 3.05) is 19.6 Å². The lowest BCUT2D eigenvalue weighted by Gasteiger charge is -2.42. The largest absolute Gasteiger partial charge is 0.333 e. The summed E-state index contributed by atoms with van der Waals surface area (Å²) in [5, 5.41) is 8.89. The molecule has 0 N–H and O–H groups in total. The van der Waals surface area contributed by atoms with Crippen LogP contribution in [0.5, 0.6) is 0 Å². The van der Waals surface area contributed by atoms with E-state index in [1.165, 1.54) is 0 Å². The van der Waals surface area contributed by atoms with Crippen LogP contribution >= 0.6 is 0 Å². The van der Waals surface area contributed by atoms with E-state index < -0.39 is 0 Å². The fourth-order valence-corrected chi connectivity index (χ4v) is 2.23. The molecular weight excluding hydrogens is 226 g/mol. The van der Waals surface area contributed by atoms with Crippen LogP contribution in [0, 0.1) is 11.3 Å². The van der Waals surface area contributed by atoms with Crippen molar-refractivity contribution in [1.29, 1.82) is 5.26 Å². The number of carbonyl (C=O) groups is 1. The van der Waals surface area contributed by atoms with Gasteiger partial charge >= 0.3 is 0 Å². The molecule has 0 aliphatic carbocycles. The van der Waals surface area contributed by atoms with Gasteiger partial charge in [-0.1, -0.05) is 13.0 Å². The maximum atomic E-state index is 12.0. The van der Waals surface area contributed by atoms with E-state index in [1.54, 1.807) is 6.08 Å². The Hall–Kier alpha value is -1.34. The number of nitriles is 1. The van der Waals surface area contributed by atoms with Crippen LogP contribution < -0.4 is 0 Å². The summed E-state index contributed by atoms with van der Waals surface area (Å²) in [7, 11) is 0. The van der Waals surface area contributed by atoms with Crippen LogP contribution in [-0.4, -0.2) is 47.4 Å². The molecule has 1 aliphatic rings. The first-order chi connectivity index (χ1) is 8.60. The first-order valence-corrected chi connectivity index (χ1v) is 6.68. The summed E-state index contributed by atoms with van der Waals surface area (Å²) in [6.07, 6.45) is 4.78. The molecule has 1 heterocycles. The van der Waals surface area contributed by atoms with Gasteiger partial charge in [-0.3, -0.25) is 9.69 Å². The fraction of sp³-hybridized carbons (Fsp3) is 0.714. The Morgan fingerprint density at radius 3 is 2.78 bits per heavy atom. The molecule has 18 heavy (non-hydrogen) atoms. The molecule has 0 saturated carbocycles. The van der Waals surface area contributed by atoms with Crippen molar-refractivity contribution in [2.45, 2.75) is 45.7 Å². The van der Waals surface area contributed by atoms with E-state index in [1.807, 2.05) is 17.9 Å². The van der Waals surface area contributed by atoms with Gasteiger partial charge in [-0.05, 0) is 26.3 Å². The second-order valence-corrected chi connectivity index (χ2v) is 4.95. The summed E-state index contributed by atoms with van der Waals surface area (Å²) in [5.74, 6) is 0.0421. The van der Waals surface area contributed by atoms with E-state index in [4.69, 9.17) is 5.26 Å². The molecule has 4 heteroatoms. The summed E-state index contributed by atoms with van der Waals surface area (Å²) < 4.78 is 0. The maximum Gasteiger partial charge on any atom is 0.246 e. The summed E-state index contributed by atoms with van der Waals surface area (Å²) in [5.41, 5.74) is 0. The zero-order valence-corrected chi connectivity index (χ0v) is 11.6. The lowest BCUT2D eigenvalue weighted by Crippen LogP contribution is -2.56. The minimum atomic E-state index is 0.0279. The van der Waals surface area contributed by atoms with Crippen LogP contribution in [0.15, 0.2) is 12.2 Å². The van der Waals surface area contributed by atoms with Crippen LogP contribution in [0.1, 0.15) is 33.6 Å². The molecule has 0 aromatic rings. The monoisotopic (exact) mass is 249 g/mol. The maximum absolute atomic E-state index is 12.0. The van der Waals surface area contributed by atoms with Crippen LogP contribution in [0.2, 0.25) is 0 Å². The molecular formula is C14H23N3O. The predicted molar refractivity (Wildman–Crippen MR) is 71.9 cm³/mol. The molecule has 1 atom stereocenters. The highest BCUT2D eigenvalue weighted by Crippen LogP contribution is 2.15. The summed E-state index contributed by atoms with van der Waals surface area (Å²) in [6, 6.07) is 2.69. The van der Waals surface area contributed by atoms with Gasteiger partial charge in [0.1, 0.15) is 0 Å². The summed E-state index contributed by atoms with van der Waals surface area (Å²) >= 11 is 0. The predicted octanol–water partition coefficient (Wildman–Crippen LogP) is 1.79. The van der Waals surface area contributed by atoms with Crippen molar-refractivity contribution in [3.8, 4) is 6.07 Å². The Morgan fingerprint density at radius 2 is 2.22 bits per heavy atom. The van der Waals surface area contributed by atoms with Crippen molar-refractivity contribution >= 4 is 5.91 Å². The molecule has 1 saturated heterocycles. The molecule has 1 amide bonds. The van der Waals surface area contributed by atoms with E-state index >= 15 is 0 Å². The van der Waals surface area contributed by atoms with E-state index in [2.05, 4.69) is 24.8 Å². The Morgan fingerprint density at radius 1 is 1.50 bits per heavy atom. The van der Waals surface area contributed by atoms with Gasteiger partial charge in [-0.25, -0.2) is 0 Å². The minimum Gasteiger partial charge on any atom is -0.333 e. The van der Waals surface area contributed by atoms with Gasteiger partial charge in [0, 0.05) is 25.7 Å². The molecule has 1 rings (SSSR count). The number of hydrogen-bond donors (Lipinski definition) is 0. The summed E-state index contributed by atoms with van der Waals surface area (Å²) in [4.78, 5) is 16.2. The number of carbonyl (C=O) groups excluding carboxylic acids is 1. The second-order valence-electron chi connectivity index (χ2n) is 4.95. The third-order valence-corrected chi connectivity index (χ3v) is 3.35. The number of allylic oxidation sites excluding steroid dienone is 1. The van der Waals surface area contributed by atoms with Crippen LogP contribution in [0.3, 0.4) is 0 Å². The molecule has 0 aromatic heterocycles. The van der Waals surface area contributed by atoms with Crippen molar-refractivity contribution in [2.24, 2.45) is 0 Å². The van der Waals surface area contributed by atoms with Gasteiger partial charge in [0.25, 0.3) is 0 Å². The van der Waals surface area contributed by atoms with Gasteiger partial charge in [0.05, 0.1) is 18.5 Å². The van der Waals surface area contributed by atoms with E-state index in [-0.39, 0.29) is 11.9 Å². The van der Waals surface area contributed by atoms with Crippen LogP contribution in [0.4, 0.5) is 0 Å². The second kappa shape index (κ2) is 7.17. The third-order valence-electron chi connectivity index (χ3n) is 3.35. The van der Waals surface area contributed by atoms with Crippen molar-refractivity contribution in [3.63, 3.8) is 0 Å². The Labute approximate surface area is 110 Å². The number of hydrogen-bond acceptors (Lipinski definition) is 3. The number of amides is 1. The highest BCUT2D eigenvalue weighted by atomic mass is 16.2. The smallest absolute Gasteiger partial charge is 0.246 e. The topological polar surface area (TPSA) is 47.3 Å². The van der Waals surface area contributed by atoms with E-state index in [0.717, 1.165) is 26.1 Å². The van der Waals surface area contributed by atoms with Gasteiger partial charge in [-0.2, -0.15) is 5.26 Å². The molecule has 0 spiro atoms. The zero-order chi connectivity index (χ0) is 13.5. The zero-order valence-electron chi connectivity index (χ0n) is 11.6. The first-order valence-electron chi connectivity index (χ1n) is 6.68. The third kappa shape index (κ3) is 3.85. The normalized spacial score (nSPS) is 21.5. The fourth-order valence-electron chi connectivity index (χ4n) is 2.23. The van der Waals surface area contributed by atoms with Crippen LogP contribution in [-0.2, 0) is 4.79 Å². The number of rotatable bonds is 4. The molecule has 0 radical (unpaired) electrons. The minimum absolute atomic E-state index is 0.0279. The van der Waals surface area contributed by atoms with Gasteiger partial charge in [-0.15, -0.1) is 0 Å². The molecule has 0 unspecified atom stereocenters. The van der Waals surface area contributed by atoms with Crippen LogP contribution in [0.25, 0.3) is 0 Å². The standard InChI is InChI=1S/C14H23N3O/c1-4-5-6-14(18)17-10-9-16(12(2)3)11-13(17)7-8-15/h5-6,12-13H,4,7,9-11H2,1-3H3/b6-5+/t13-/m0/s1. The highest BCUT2D eigenvalue weighted by Gasteiger charge is 2.30. The first kappa shape index (κ1) is 14.7. The van der Waals surface area contributed by atoms with Gasteiger partial charge in [0.15, 0.2) is 0 Å². The lowest BCUT2D eigenvalue weighted by atomic mass is 10.1. The average molecular weight is 249 g/mol. The molecule has 100 valence electrons. The quantitative estimate of drug-likeness (QED) is 0.714. The van der Waals surface area contributed by atoms with Gasteiger partial charge in [0.2, 0.25) is 5.91 Å². The molecule has 0 aromatic carbocycles. The van der Waals surface area contributed by atoms with Crippen molar-refractivity contribution in [3.05, 3.63) is 12.2 Å². The SMILES string of the molecule is CC/C=C/C(=O)N1CCN(C(C)C)C[C@@H]1CC#N. The van der Waals surface area contributed by atoms with Gasteiger partial charge < -0.3 is 4.90 Å². The average Bonchev–Trinajstić information content (AvgIpc) is 2.36. The lowest BCUT2D eigenvalue weighted by molar-refractivity contribution is -0.131. The number of nitrogens with zero attached hydrogens (tertiary/aromatic N) is 3. The molecule has 1 aliphatic heterocycles. The van der Waals surface area contributed by atoms with E-state index in [0.29, 0.717) is 12.5 Å².